The Morgan fingerprint density at radius 3 is 2.42 bits per heavy atom. The van der Waals surface area contributed by atoms with Gasteiger partial charge in [-0.1, -0.05) is 0 Å². The van der Waals surface area contributed by atoms with E-state index in [9.17, 15) is 4.79 Å². The van der Waals surface area contributed by atoms with Gasteiger partial charge in [-0.3, -0.25) is 9.69 Å². The summed E-state index contributed by atoms with van der Waals surface area (Å²) in [5, 5.41) is 3.93. The van der Waals surface area contributed by atoms with Crippen LogP contribution in [0.25, 0.3) is 0 Å². The van der Waals surface area contributed by atoms with Crippen molar-refractivity contribution in [3.63, 3.8) is 0 Å². The molecule has 106 valence electrons. The summed E-state index contributed by atoms with van der Waals surface area (Å²) in [7, 11) is 0. The van der Waals surface area contributed by atoms with Crippen molar-refractivity contribution in [2.24, 2.45) is 0 Å². The molecule has 2 N–H and O–H groups in total. The maximum atomic E-state index is 12.1. The van der Waals surface area contributed by atoms with Gasteiger partial charge in [0.25, 0.3) is 0 Å². The number of hydrogen-bond acceptors (Lipinski definition) is 5. The van der Waals surface area contributed by atoms with Crippen molar-refractivity contribution in [1.29, 1.82) is 0 Å². The van der Waals surface area contributed by atoms with Gasteiger partial charge in [-0.15, -0.1) is 5.10 Å². The van der Waals surface area contributed by atoms with Crippen molar-refractivity contribution in [2.75, 3.05) is 31.9 Å². The molecule has 1 aromatic rings. The lowest BCUT2D eigenvalue weighted by molar-refractivity contribution is -0.134. The van der Waals surface area contributed by atoms with Crippen molar-refractivity contribution in [3.05, 3.63) is 6.33 Å². The van der Waals surface area contributed by atoms with Crippen molar-refractivity contribution >= 4 is 11.9 Å². The van der Waals surface area contributed by atoms with Crippen molar-refractivity contribution in [1.82, 2.24) is 24.6 Å². The molecular weight excluding hydrogens is 244 g/mol. The van der Waals surface area contributed by atoms with Crippen molar-refractivity contribution in [3.8, 4) is 0 Å². The molecule has 0 bridgehead atoms. The second kappa shape index (κ2) is 5.16. The van der Waals surface area contributed by atoms with Gasteiger partial charge in [0.2, 0.25) is 11.9 Å². The lowest BCUT2D eigenvalue weighted by atomic mass is 10.1. The Morgan fingerprint density at radius 1 is 1.32 bits per heavy atom. The normalized spacial score (nSPS) is 17.7. The Balaban J connectivity index is 1.86. The van der Waals surface area contributed by atoms with Gasteiger partial charge >= 0.3 is 0 Å². The molecule has 0 aliphatic carbocycles. The summed E-state index contributed by atoms with van der Waals surface area (Å²) in [5.41, 5.74) is 5.59. The quantitative estimate of drug-likeness (QED) is 0.802. The molecule has 7 nitrogen and oxygen atoms in total. The number of carbonyl (C=O) groups is 1. The minimum absolute atomic E-state index is 0.0680. The van der Waals surface area contributed by atoms with Crippen molar-refractivity contribution < 1.29 is 4.79 Å². The van der Waals surface area contributed by atoms with E-state index in [4.69, 9.17) is 5.73 Å². The molecule has 0 radical (unpaired) electrons. The van der Waals surface area contributed by atoms with Crippen LogP contribution in [-0.4, -0.2) is 62.2 Å². The van der Waals surface area contributed by atoms with Crippen LogP contribution < -0.4 is 5.73 Å². The van der Waals surface area contributed by atoms with Crippen LogP contribution in [0.5, 0.6) is 0 Å². The number of carbonyl (C=O) groups excluding carboxylic acids is 1. The van der Waals surface area contributed by atoms with Crippen LogP contribution in [0.1, 0.15) is 20.8 Å². The maximum absolute atomic E-state index is 12.1. The Kier molecular flexibility index (Phi) is 3.75. The number of aromatic nitrogens is 3. The summed E-state index contributed by atoms with van der Waals surface area (Å²) in [6.45, 7) is 10.2. The fourth-order valence-corrected chi connectivity index (χ4v) is 2.25. The average Bonchev–Trinajstić information content (AvgIpc) is 2.74. The second-order valence-electron chi connectivity index (χ2n) is 5.84. The van der Waals surface area contributed by atoms with Gasteiger partial charge in [0.15, 0.2) is 0 Å². The van der Waals surface area contributed by atoms with Crippen LogP contribution in [0.4, 0.5) is 5.95 Å². The molecule has 19 heavy (non-hydrogen) atoms. The Hall–Kier alpha value is -1.63. The highest BCUT2D eigenvalue weighted by atomic mass is 16.2. The summed E-state index contributed by atoms with van der Waals surface area (Å²) in [5.74, 6) is 0.267. The summed E-state index contributed by atoms with van der Waals surface area (Å²) in [4.78, 5) is 20.2. The van der Waals surface area contributed by atoms with Gasteiger partial charge in [0.05, 0.1) is 0 Å². The molecule has 1 fully saturated rings. The molecule has 7 heteroatoms. The van der Waals surface area contributed by atoms with Gasteiger partial charge in [0.1, 0.15) is 12.9 Å². The smallest absolute Gasteiger partial charge is 0.244 e. The van der Waals surface area contributed by atoms with E-state index in [2.05, 4.69) is 35.8 Å². The third-order valence-electron chi connectivity index (χ3n) is 3.43. The highest BCUT2D eigenvalue weighted by molar-refractivity contribution is 5.76. The first-order valence-electron chi connectivity index (χ1n) is 6.54. The van der Waals surface area contributed by atoms with E-state index in [0.29, 0.717) is 0 Å². The van der Waals surface area contributed by atoms with Gasteiger partial charge in [-0.25, -0.2) is 9.67 Å². The molecule has 0 aromatic carbocycles. The van der Waals surface area contributed by atoms with Gasteiger partial charge in [-0.2, -0.15) is 0 Å². The monoisotopic (exact) mass is 266 g/mol. The van der Waals surface area contributed by atoms with E-state index in [-0.39, 0.29) is 23.9 Å². The second-order valence-corrected chi connectivity index (χ2v) is 5.84. The topological polar surface area (TPSA) is 80.3 Å². The predicted octanol–water partition coefficient (Wildman–Crippen LogP) is -0.197. The number of rotatable bonds is 2. The largest absolute Gasteiger partial charge is 0.367 e. The van der Waals surface area contributed by atoms with Gasteiger partial charge in [-0.05, 0) is 20.8 Å². The number of nitrogens with zero attached hydrogens (tertiary/aromatic N) is 5. The lowest BCUT2D eigenvalue weighted by Gasteiger charge is -2.42. The van der Waals surface area contributed by atoms with E-state index in [0.717, 1.165) is 26.2 Å². The number of amides is 1. The first-order chi connectivity index (χ1) is 8.86. The molecule has 1 aliphatic rings. The molecule has 0 spiro atoms. The van der Waals surface area contributed by atoms with Gasteiger partial charge in [0, 0.05) is 31.7 Å². The van der Waals surface area contributed by atoms with Crippen LogP contribution in [0, 0.1) is 0 Å². The third-order valence-corrected chi connectivity index (χ3v) is 3.43. The molecule has 0 atom stereocenters. The molecule has 2 rings (SSSR count). The van der Waals surface area contributed by atoms with Crippen LogP contribution in [0.15, 0.2) is 6.33 Å². The molecule has 1 aromatic heterocycles. The van der Waals surface area contributed by atoms with E-state index < -0.39 is 0 Å². The zero-order chi connectivity index (χ0) is 14.0. The first-order valence-corrected chi connectivity index (χ1v) is 6.54. The zero-order valence-corrected chi connectivity index (χ0v) is 11.8. The van der Waals surface area contributed by atoms with Crippen LogP contribution in [-0.2, 0) is 11.3 Å². The number of nitrogens with two attached hydrogens (primary N) is 1. The minimum atomic E-state index is 0.0680. The molecular formula is C12H22N6O. The highest BCUT2D eigenvalue weighted by Gasteiger charge is 2.27. The van der Waals surface area contributed by atoms with Crippen molar-refractivity contribution in [2.45, 2.75) is 32.9 Å². The minimum Gasteiger partial charge on any atom is -0.367 e. The number of nitrogen functional groups attached to an aromatic ring is 1. The van der Waals surface area contributed by atoms with Crippen LogP contribution in [0.3, 0.4) is 0 Å². The SMILES string of the molecule is CC(C)(C)N1CCN(C(=O)Cn2cnc(N)n2)CC1. The number of hydrogen-bond donors (Lipinski definition) is 1. The van der Waals surface area contributed by atoms with Crippen LogP contribution in [0.2, 0.25) is 0 Å². The fourth-order valence-electron chi connectivity index (χ4n) is 2.25. The van der Waals surface area contributed by atoms with Crippen LogP contribution >= 0.6 is 0 Å². The standard InChI is InChI=1S/C12H22N6O/c1-12(2,3)17-6-4-16(5-7-17)10(19)8-18-9-14-11(13)15-18/h9H,4-8H2,1-3H3,(H2,13,15). The lowest BCUT2D eigenvalue weighted by Crippen LogP contribution is -2.55. The Labute approximate surface area is 113 Å². The summed E-state index contributed by atoms with van der Waals surface area (Å²) in [6, 6.07) is 0. The average molecular weight is 266 g/mol. The first kappa shape index (κ1) is 13.8. The molecule has 1 amide bonds. The highest BCUT2D eigenvalue weighted by Crippen LogP contribution is 2.15. The van der Waals surface area contributed by atoms with E-state index in [1.807, 2.05) is 4.90 Å². The maximum Gasteiger partial charge on any atom is 0.244 e. The molecule has 0 saturated carbocycles. The van der Waals surface area contributed by atoms with E-state index in [1.54, 1.807) is 0 Å². The number of anilines is 1. The molecule has 2 heterocycles. The van der Waals surface area contributed by atoms with E-state index in [1.165, 1.54) is 11.0 Å². The van der Waals surface area contributed by atoms with Gasteiger partial charge < -0.3 is 10.6 Å². The summed E-state index contributed by atoms with van der Waals surface area (Å²) < 4.78 is 1.48. The number of piperazine rings is 1. The fraction of sp³-hybridized carbons (Fsp3) is 0.750. The summed E-state index contributed by atoms with van der Waals surface area (Å²) in [6.07, 6.45) is 1.48. The Morgan fingerprint density at radius 2 is 1.95 bits per heavy atom. The molecule has 1 aliphatic heterocycles. The molecule has 1 saturated heterocycles. The summed E-state index contributed by atoms with van der Waals surface area (Å²) >= 11 is 0. The third kappa shape index (κ3) is 3.44. The van der Waals surface area contributed by atoms with E-state index >= 15 is 0 Å². The Bertz CT molecular complexity index is 441. The predicted molar refractivity (Wildman–Crippen MR) is 72.3 cm³/mol. The molecule has 0 unspecified atom stereocenters. The zero-order valence-electron chi connectivity index (χ0n) is 11.8.